The number of carboxylic acid groups (broad SMARTS) is 1. The normalized spacial score (nSPS) is 16.2. The lowest BCUT2D eigenvalue weighted by Gasteiger charge is -2.35. The van der Waals surface area contributed by atoms with Gasteiger partial charge in [-0.05, 0) is 48.4 Å². The van der Waals surface area contributed by atoms with Crippen LogP contribution in [0.5, 0.6) is 0 Å². The predicted molar refractivity (Wildman–Crippen MR) is 109 cm³/mol. The molecule has 0 bridgehead atoms. The van der Waals surface area contributed by atoms with E-state index in [-0.39, 0.29) is 0 Å². The van der Waals surface area contributed by atoms with Crippen molar-refractivity contribution in [2.24, 2.45) is 0 Å². The number of halogens is 1. The molecule has 6 nitrogen and oxygen atoms in total. The molecule has 0 radical (unpaired) electrons. The molecular formula is C22H19FN4O2. The minimum Gasteiger partial charge on any atom is -0.465 e. The maximum Gasteiger partial charge on any atom is 0.409 e. The molecular weight excluding hydrogens is 371 g/mol. The quantitative estimate of drug-likeness (QED) is 0.686. The highest BCUT2D eigenvalue weighted by molar-refractivity contribution is 5.79. The zero-order chi connectivity index (χ0) is 20.2. The van der Waals surface area contributed by atoms with Gasteiger partial charge in [-0.3, -0.25) is 14.9 Å². The lowest BCUT2D eigenvalue weighted by atomic mass is 9.99. The molecule has 4 rings (SSSR count). The summed E-state index contributed by atoms with van der Waals surface area (Å²) in [5.74, 6) is -0.394. The van der Waals surface area contributed by atoms with Crippen molar-refractivity contribution in [2.45, 2.75) is 12.6 Å². The second-order valence-electron chi connectivity index (χ2n) is 6.65. The van der Waals surface area contributed by atoms with Crippen molar-refractivity contribution in [1.29, 1.82) is 0 Å². The Morgan fingerprint density at radius 2 is 2.03 bits per heavy atom. The summed E-state index contributed by atoms with van der Waals surface area (Å²) in [5, 5.41) is 12.8. The van der Waals surface area contributed by atoms with Crippen LogP contribution in [0.2, 0.25) is 0 Å². The number of benzene rings is 1. The van der Waals surface area contributed by atoms with Gasteiger partial charge in [0, 0.05) is 42.0 Å². The summed E-state index contributed by atoms with van der Waals surface area (Å²) in [6.45, 7) is 0.341. The van der Waals surface area contributed by atoms with E-state index in [1.54, 1.807) is 30.7 Å². The third kappa shape index (κ3) is 4.08. The second kappa shape index (κ2) is 8.10. The van der Waals surface area contributed by atoms with Crippen LogP contribution in [-0.2, 0) is 0 Å². The Balaban J connectivity index is 1.72. The number of pyridine rings is 2. The number of anilines is 1. The third-order valence-electron chi connectivity index (χ3n) is 4.76. The van der Waals surface area contributed by atoms with Gasteiger partial charge in [-0.25, -0.2) is 9.18 Å². The summed E-state index contributed by atoms with van der Waals surface area (Å²) < 4.78 is 13.6. The molecule has 0 saturated heterocycles. The van der Waals surface area contributed by atoms with Crippen molar-refractivity contribution in [3.63, 3.8) is 0 Å². The highest BCUT2D eigenvalue weighted by Gasteiger charge is 2.31. The van der Waals surface area contributed by atoms with E-state index in [0.717, 1.165) is 16.7 Å². The van der Waals surface area contributed by atoms with Gasteiger partial charge in [0.25, 0.3) is 0 Å². The van der Waals surface area contributed by atoms with Crippen LogP contribution in [0.3, 0.4) is 0 Å². The van der Waals surface area contributed by atoms with Gasteiger partial charge in [0.2, 0.25) is 0 Å². The molecule has 1 aromatic carbocycles. The first kappa shape index (κ1) is 18.6. The summed E-state index contributed by atoms with van der Waals surface area (Å²) >= 11 is 0. The van der Waals surface area contributed by atoms with Crippen molar-refractivity contribution >= 4 is 17.4 Å². The van der Waals surface area contributed by atoms with Crippen LogP contribution in [0.1, 0.15) is 12.1 Å². The molecule has 1 unspecified atom stereocenters. The van der Waals surface area contributed by atoms with E-state index in [2.05, 4.69) is 15.3 Å². The van der Waals surface area contributed by atoms with Crippen molar-refractivity contribution in [3.05, 3.63) is 84.7 Å². The van der Waals surface area contributed by atoms with Crippen molar-refractivity contribution in [2.75, 3.05) is 11.9 Å². The van der Waals surface area contributed by atoms with E-state index in [0.29, 0.717) is 24.3 Å². The topological polar surface area (TPSA) is 78.3 Å². The molecule has 3 aromatic rings. The monoisotopic (exact) mass is 390 g/mol. The predicted octanol–water partition coefficient (Wildman–Crippen LogP) is 4.49. The van der Waals surface area contributed by atoms with Crippen molar-refractivity contribution in [3.8, 4) is 11.1 Å². The van der Waals surface area contributed by atoms with E-state index in [4.69, 9.17) is 0 Å². The van der Waals surface area contributed by atoms with Gasteiger partial charge in [-0.1, -0.05) is 18.2 Å². The van der Waals surface area contributed by atoms with Crippen molar-refractivity contribution < 1.29 is 14.3 Å². The van der Waals surface area contributed by atoms with E-state index in [1.165, 1.54) is 17.0 Å². The Morgan fingerprint density at radius 3 is 2.79 bits per heavy atom. The summed E-state index contributed by atoms with van der Waals surface area (Å²) in [4.78, 5) is 21.8. The first-order valence-electron chi connectivity index (χ1n) is 9.20. The van der Waals surface area contributed by atoms with Gasteiger partial charge in [0.15, 0.2) is 0 Å². The largest absolute Gasteiger partial charge is 0.465 e. The average molecular weight is 390 g/mol. The molecule has 7 heteroatoms. The van der Waals surface area contributed by atoms with Gasteiger partial charge in [0.05, 0.1) is 5.69 Å². The van der Waals surface area contributed by atoms with E-state index < -0.39 is 18.1 Å². The van der Waals surface area contributed by atoms with Crippen LogP contribution in [0.4, 0.5) is 14.9 Å². The zero-order valence-electron chi connectivity index (χ0n) is 15.5. The first-order valence-corrected chi connectivity index (χ1v) is 9.20. The minimum absolute atomic E-state index is 0.341. The third-order valence-corrected chi connectivity index (χ3v) is 4.76. The highest BCUT2D eigenvalue weighted by atomic mass is 19.1. The standard InChI is InChI=1S/C22H19FN4O2/c23-17-5-1-6-18(13-17)26-21-19(7-3-11-27(21)22(28)29)20-12-15(8-10-25-20)16-4-2-9-24-14-16/h1-2,4-10,12-14,21,26H,3,11H2,(H,28,29). The fraction of sp³-hybridized carbons (Fsp3) is 0.136. The Bertz CT molecular complexity index is 1060. The average Bonchev–Trinajstić information content (AvgIpc) is 2.74. The fourth-order valence-corrected chi connectivity index (χ4v) is 3.41. The molecule has 0 spiro atoms. The SMILES string of the molecule is O=C(O)N1CCC=C(c2cc(-c3cccnc3)ccn2)C1Nc1cccc(F)c1. The molecule has 29 heavy (non-hydrogen) atoms. The molecule has 0 saturated carbocycles. The lowest BCUT2D eigenvalue weighted by Crippen LogP contribution is -2.47. The molecule has 0 fully saturated rings. The van der Waals surface area contributed by atoms with Crippen LogP contribution in [0.25, 0.3) is 16.7 Å². The van der Waals surface area contributed by atoms with Crippen LogP contribution in [0.15, 0.2) is 73.2 Å². The van der Waals surface area contributed by atoms with Gasteiger partial charge in [-0.15, -0.1) is 0 Å². The van der Waals surface area contributed by atoms with E-state index in [9.17, 15) is 14.3 Å². The number of rotatable bonds is 4. The highest BCUT2D eigenvalue weighted by Crippen LogP contribution is 2.30. The number of hydrogen-bond donors (Lipinski definition) is 2. The van der Waals surface area contributed by atoms with Crippen LogP contribution < -0.4 is 5.32 Å². The smallest absolute Gasteiger partial charge is 0.409 e. The number of aromatic nitrogens is 2. The maximum atomic E-state index is 13.6. The lowest BCUT2D eigenvalue weighted by molar-refractivity contribution is 0.138. The summed E-state index contributed by atoms with van der Waals surface area (Å²) in [5.41, 5.74) is 3.76. The Kier molecular flexibility index (Phi) is 5.20. The molecule has 0 aliphatic carbocycles. The summed E-state index contributed by atoms with van der Waals surface area (Å²) in [6, 6.07) is 13.6. The second-order valence-corrected chi connectivity index (χ2v) is 6.65. The number of nitrogens with zero attached hydrogens (tertiary/aromatic N) is 3. The molecule has 1 aliphatic heterocycles. The van der Waals surface area contributed by atoms with Crippen LogP contribution >= 0.6 is 0 Å². The van der Waals surface area contributed by atoms with Crippen LogP contribution in [0, 0.1) is 5.82 Å². The Labute approximate surface area is 167 Å². The van der Waals surface area contributed by atoms with Crippen molar-refractivity contribution in [1.82, 2.24) is 14.9 Å². The van der Waals surface area contributed by atoms with Gasteiger partial charge < -0.3 is 10.4 Å². The number of nitrogens with one attached hydrogen (secondary N) is 1. The van der Waals surface area contributed by atoms with Gasteiger partial charge >= 0.3 is 6.09 Å². The first-order chi connectivity index (χ1) is 14.1. The maximum absolute atomic E-state index is 13.6. The Morgan fingerprint density at radius 1 is 1.14 bits per heavy atom. The summed E-state index contributed by atoms with van der Waals surface area (Å²) in [7, 11) is 0. The minimum atomic E-state index is -1.05. The molecule has 1 aliphatic rings. The fourth-order valence-electron chi connectivity index (χ4n) is 3.41. The van der Waals surface area contributed by atoms with Gasteiger partial charge in [-0.2, -0.15) is 0 Å². The van der Waals surface area contributed by atoms with Crippen LogP contribution in [-0.4, -0.2) is 38.8 Å². The van der Waals surface area contributed by atoms with E-state index >= 15 is 0 Å². The molecule has 2 N–H and O–H groups in total. The number of hydrogen-bond acceptors (Lipinski definition) is 4. The number of amides is 1. The molecule has 1 atom stereocenters. The van der Waals surface area contributed by atoms with E-state index in [1.807, 2.05) is 30.3 Å². The molecule has 146 valence electrons. The molecule has 2 aromatic heterocycles. The number of carbonyl (C=O) groups is 1. The molecule has 1 amide bonds. The zero-order valence-corrected chi connectivity index (χ0v) is 15.5. The Hall–Kier alpha value is -3.74. The molecule has 3 heterocycles. The summed E-state index contributed by atoms with van der Waals surface area (Å²) in [6.07, 6.45) is 5.98. The van der Waals surface area contributed by atoms with Gasteiger partial charge in [0.1, 0.15) is 12.0 Å².